The smallest absolute Gasteiger partial charge is 0.272 e. The molecule has 1 aromatic heterocycles. The molecule has 0 aliphatic heterocycles. The molecule has 0 saturated carbocycles. The lowest BCUT2D eigenvalue weighted by Crippen LogP contribution is -2.30. The molecule has 3 aromatic rings. The lowest BCUT2D eigenvalue weighted by Gasteiger charge is -2.17. The largest absolute Gasteiger partial charge is 0.497 e. The summed E-state index contributed by atoms with van der Waals surface area (Å²) in [7, 11) is -0.583. The van der Waals surface area contributed by atoms with E-state index in [1.165, 1.54) is 28.2 Å². The number of sulfonamides is 1. The van der Waals surface area contributed by atoms with E-state index in [-0.39, 0.29) is 16.2 Å². The van der Waals surface area contributed by atoms with Gasteiger partial charge in [-0.1, -0.05) is 32.0 Å². The van der Waals surface area contributed by atoms with Gasteiger partial charge in [0.1, 0.15) is 16.3 Å². The quantitative estimate of drug-likeness (QED) is 0.483. The van der Waals surface area contributed by atoms with Gasteiger partial charge in [0.15, 0.2) is 0 Å². The molecule has 0 aliphatic carbocycles. The van der Waals surface area contributed by atoms with Gasteiger partial charge in [-0.2, -0.15) is 4.31 Å². The van der Waals surface area contributed by atoms with Crippen LogP contribution in [0.3, 0.4) is 0 Å². The highest BCUT2D eigenvalue weighted by Crippen LogP contribution is 2.23. The van der Waals surface area contributed by atoms with E-state index in [9.17, 15) is 18.0 Å². The first-order valence-corrected chi connectivity index (χ1v) is 12.2. The molecule has 0 atom stereocenters. The van der Waals surface area contributed by atoms with Gasteiger partial charge in [-0.05, 0) is 30.3 Å². The molecule has 0 unspecified atom stereocenters. The van der Waals surface area contributed by atoms with Crippen molar-refractivity contribution in [3.05, 3.63) is 72.1 Å². The van der Waals surface area contributed by atoms with E-state index in [0.29, 0.717) is 30.2 Å². The Labute approximate surface area is 199 Å². The molecule has 10 heteroatoms. The first kappa shape index (κ1) is 25.0. The summed E-state index contributed by atoms with van der Waals surface area (Å²) in [6.07, 6.45) is 1.41. The number of nitrogens with zero attached hydrogens (tertiary/aromatic N) is 2. The lowest BCUT2D eigenvalue weighted by atomic mass is 10.1. The minimum absolute atomic E-state index is 0.0351. The second kappa shape index (κ2) is 10.5. The topological polar surface area (TPSA) is 110 Å². The van der Waals surface area contributed by atoms with Crippen LogP contribution in [0.5, 0.6) is 5.75 Å². The fraction of sp³-hybridized carbons (Fsp3) is 0.250. The van der Waals surface area contributed by atoms with E-state index in [4.69, 9.17) is 4.74 Å². The Balaban J connectivity index is 1.84. The number of benzene rings is 2. The number of para-hydroxylation sites is 1. The lowest BCUT2D eigenvalue weighted by molar-refractivity contribution is 0.101. The fourth-order valence-corrected chi connectivity index (χ4v) is 5.02. The van der Waals surface area contributed by atoms with E-state index in [1.54, 1.807) is 69.4 Å². The van der Waals surface area contributed by atoms with Gasteiger partial charge in [0.2, 0.25) is 10.0 Å². The number of amides is 2. The van der Waals surface area contributed by atoms with Crippen molar-refractivity contribution in [2.75, 3.05) is 30.8 Å². The van der Waals surface area contributed by atoms with E-state index in [1.807, 2.05) is 0 Å². The predicted molar refractivity (Wildman–Crippen MR) is 131 cm³/mol. The average molecular weight is 485 g/mol. The Kier molecular flexibility index (Phi) is 7.75. The number of ether oxygens (including phenoxy) is 1. The summed E-state index contributed by atoms with van der Waals surface area (Å²) in [4.78, 5) is 26.0. The van der Waals surface area contributed by atoms with Crippen LogP contribution in [0.25, 0.3) is 0 Å². The van der Waals surface area contributed by atoms with E-state index in [0.717, 1.165) is 0 Å². The highest BCUT2D eigenvalue weighted by Gasteiger charge is 2.26. The maximum absolute atomic E-state index is 13.0. The molecule has 2 aromatic carbocycles. The highest BCUT2D eigenvalue weighted by atomic mass is 32.2. The van der Waals surface area contributed by atoms with Gasteiger partial charge in [0.05, 0.1) is 18.4 Å². The van der Waals surface area contributed by atoms with Crippen LogP contribution in [0.4, 0.5) is 11.4 Å². The van der Waals surface area contributed by atoms with Gasteiger partial charge >= 0.3 is 0 Å². The number of nitrogens with one attached hydrogen (secondary N) is 2. The summed E-state index contributed by atoms with van der Waals surface area (Å²) < 4.78 is 33.6. The molecule has 34 heavy (non-hydrogen) atoms. The number of hydrogen-bond donors (Lipinski definition) is 2. The van der Waals surface area contributed by atoms with E-state index < -0.39 is 21.8 Å². The number of aryl methyl sites for hydroxylation is 1. The van der Waals surface area contributed by atoms with Crippen molar-refractivity contribution in [2.45, 2.75) is 18.7 Å². The van der Waals surface area contributed by atoms with Gasteiger partial charge < -0.3 is 19.9 Å². The minimum atomic E-state index is -3.71. The normalized spacial score (nSPS) is 11.3. The first-order valence-electron chi connectivity index (χ1n) is 10.7. The Morgan fingerprint density at radius 1 is 0.971 bits per heavy atom. The SMILES string of the molecule is CCN(CC)S(=O)(=O)c1cc(C(=O)Nc2ccccc2C(=O)Nc2cccc(OC)c2)n(C)c1. The van der Waals surface area contributed by atoms with Crippen LogP contribution in [-0.4, -0.2) is 49.3 Å². The average Bonchev–Trinajstić information content (AvgIpc) is 3.22. The van der Waals surface area contributed by atoms with Gasteiger partial charge in [0.25, 0.3) is 11.8 Å². The van der Waals surface area contributed by atoms with Crippen LogP contribution in [0.1, 0.15) is 34.7 Å². The van der Waals surface area contributed by atoms with Crippen LogP contribution in [0.15, 0.2) is 65.7 Å². The third kappa shape index (κ3) is 5.29. The Morgan fingerprint density at radius 3 is 2.35 bits per heavy atom. The van der Waals surface area contributed by atoms with Crippen molar-refractivity contribution < 1.29 is 22.7 Å². The van der Waals surface area contributed by atoms with Crippen LogP contribution in [0, 0.1) is 0 Å². The molecule has 9 nitrogen and oxygen atoms in total. The minimum Gasteiger partial charge on any atom is -0.497 e. The first-order chi connectivity index (χ1) is 16.2. The van der Waals surface area contributed by atoms with E-state index in [2.05, 4.69) is 10.6 Å². The summed E-state index contributed by atoms with van der Waals surface area (Å²) >= 11 is 0. The molecule has 180 valence electrons. The molecule has 0 bridgehead atoms. The summed E-state index contributed by atoms with van der Waals surface area (Å²) in [5.41, 5.74) is 1.24. The fourth-order valence-electron chi connectivity index (χ4n) is 3.49. The number of carbonyl (C=O) groups excluding carboxylic acids is 2. The third-order valence-corrected chi connectivity index (χ3v) is 7.32. The molecule has 2 amide bonds. The number of aromatic nitrogens is 1. The summed E-state index contributed by atoms with van der Waals surface area (Å²) in [6.45, 7) is 4.16. The van der Waals surface area contributed by atoms with Gasteiger partial charge in [-0.15, -0.1) is 0 Å². The Morgan fingerprint density at radius 2 is 1.68 bits per heavy atom. The molecule has 0 radical (unpaired) electrons. The number of anilines is 2. The maximum Gasteiger partial charge on any atom is 0.272 e. The summed E-state index contributed by atoms with van der Waals surface area (Å²) in [6, 6.07) is 14.8. The summed E-state index contributed by atoms with van der Waals surface area (Å²) in [5.74, 6) is -0.357. The molecule has 2 N–H and O–H groups in total. The Hall–Kier alpha value is -3.63. The van der Waals surface area contributed by atoms with Gasteiger partial charge in [0, 0.05) is 38.1 Å². The number of hydrogen-bond acceptors (Lipinski definition) is 5. The third-order valence-electron chi connectivity index (χ3n) is 5.30. The maximum atomic E-state index is 13.0. The highest BCUT2D eigenvalue weighted by molar-refractivity contribution is 7.89. The zero-order chi connectivity index (χ0) is 24.9. The molecule has 3 rings (SSSR count). The number of methoxy groups -OCH3 is 1. The molecule has 0 aliphatic rings. The van der Waals surface area contributed by atoms with Crippen molar-refractivity contribution in [1.82, 2.24) is 8.87 Å². The van der Waals surface area contributed by atoms with Crippen LogP contribution < -0.4 is 15.4 Å². The monoisotopic (exact) mass is 484 g/mol. The molecule has 1 heterocycles. The van der Waals surface area contributed by atoms with Crippen molar-refractivity contribution in [2.24, 2.45) is 7.05 Å². The van der Waals surface area contributed by atoms with Gasteiger partial charge in [-0.3, -0.25) is 9.59 Å². The second-order valence-corrected chi connectivity index (χ2v) is 9.39. The van der Waals surface area contributed by atoms with Crippen molar-refractivity contribution in [3.8, 4) is 5.75 Å². The molecular formula is C24H28N4O5S. The molecular weight excluding hydrogens is 456 g/mol. The molecule has 0 spiro atoms. The van der Waals surface area contributed by atoms with Gasteiger partial charge in [-0.25, -0.2) is 8.42 Å². The van der Waals surface area contributed by atoms with Crippen molar-refractivity contribution >= 4 is 33.2 Å². The van der Waals surface area contributed by atoms with Crippen molar-refractivity contribution in [3.63, 3.8) is 0 Å². The molecule has 0 saturated heterocycles. The van der Waals surface area contributed by atoms with Crippen LogP contribution in [-0.2, 0) is 17.1 Å². The second-order valence-electron chi connectivity index (χ2n) is 7.45. The van der Waals surface area contributed by atoms with Crippen LogP contribution in [0.2, 0.25) is 0 Å². The zero-order valence-electron chi connectivity index (χ0n) is 19.5. The summed E-state index contributed by atoms with van der Waals surface area (Å²) in [5, 5.41) is 5.51. The van der Waals surface area contributed by atoms with Crippen LogP contribution >= 0.6 is 0 Å². The zero-order valence-corrected chi connectivity index (χ0v) is 20.3. The van der Waals surface area contributed by atoms with Crippen molar-refractivity contribution in [1.29, 1.82) is 0 Å². The standard InChI is InChI=1S/C24H28N4O5S/c1-5-28(6-2)34(31,32)19-15-22(27(3)16-19)24(30)26-21-13-8-7-12-20(21)23(29)25-17-10-9-11-18(14-17)33-4/h7-16H,5-6H2,1-4H3,(H,25,29)(H,26,30). The predicted octanol–water partition coefficient (Wildman–Crippen LogP) is 3.57. The molecule has 0 fully saturated rings. The Bertz CT molecular complexity index is 1300. The number of rotatable bonds is 9. The number of carbonyl (C=O) groups is 2. The van der Waals surface area contributed by atoms with E-state index >= 15 is 0 Å².